The Morgan fingerprint density at radius 2 is 1.65 bits per heavy atom. The summed E-state index contributed by atoms with van der Waals surface area (Å²) in [4.78, 5) is 5.50. The molecule has 0 radical (unpaired) electrons. The summed E-state index contributed by atoms with van der Waals surface area (Å²) in [6, 6.07) is 10.4. The van der Waals surface area contributed by atoms with Gasteiger partial charge in [0.25, 0.3) is 0 Å². The summed E-state index contributed by atoms with van der Waals surface area (Å²) >= 11 is 0. The van der Waals surface area contributed by atoms with E-state index in [4.69, 9.17) is 4.52 Å². The lowest BCUT2D eigenvalue weighted by Gasteiger charge is -2.36. The van der Waals surface area contributed by atoms with E-state index in [9.17, 15) is 21.6 Å². The van der Waals surface area contributed by atoms with Gasteiger partial charge < -0.3 is 4.52 Å². The van der Waals surface area contributed by atoms with Crippen LogP contribution in [0.5, 0.6) is 0 Å². The molecule has 1 aromatic heterocycles. The molecule has 1 aliphatic rings. The summed E-state index contributed by atoms with van der Waals surface area (Å²) in [6.45, 7) is 2.58. The summed E-state index contributed by atoms with van der Waals surface area (Å²) in [7, 11) is -4.30. The second-order valence-corrected chi connectivity index (χ2v) is 9.02. The molecule has 3 aromatic rings. The number of sulfonamides is 1. The van der Waals surface area contributed by atoms with Crippen molar-refractivity contribution < 1.29 is 26.1 Å². The Morgan fingerprint density at radius 3 is 2.32 bits per heavy atom. The zero-order chi connectivity index (χ0) is 22.2. The minimum atomic E-state index is -4.30. The van der Waals surface area contributed by atoms with Crippen molar-refractivity contribution in [2.45, 2.75) is 17.9 Å². The Kier molecular flexibility index (Phi) is 5.82. The van der Waals surface area contributed by atoms with Gasteiger partial charge in [0.05, 0.1) is 6.04 Å². The van der Waals surface area contributed by atoms with E-state index in [-0.39, 0.29) is 19.1 Å². The largest absolute Gasteiger partial charge is 0.337 e. The topological polar surface area (TPSA) is 79.5 Å². The van der Waals surface area contributed by atoms with E-state index in [1.54, 1.807) is 0 Å². The van der Waals surface area contributed by atoms with Gasteiger partial charge in [-0.3, -0.25) is 4.90 Å². The second kappa shape index (κ2) is 8.40. The molecule has 1 atom stereocenters. The highest BCUT2D eigenvalue weighted by Gasteiger charge is 2.34. The van der Waals surface area contributed by atoms with Crippen LogP contribution in [0.1, 0.15) is 18.9 Å². The summed E-state index contributed by atoms with van der Waals surface area (Å²) in [5, 5.41) is 3.99. The SMILES string of the molecule is CC(c1nc(-c2ccccc2)no1)N1CCN(S(=O)(=O)c2ccc(F)c(F)c2F)CC1. The molecule has 2 aromatic carbocycles. The van der Waals surface area contributed by atoms with Crippen LogP contribution < -0.4 is 0 Å². The lowest BCUT2D eigenvalue weighted by atomic mass is 10.2. The standard InChI is InChI=1S/C20H19F3N4O3S/c1-13(20-24-19(25-30-20)14-5-3-2-4-6-14)26-9-11-27(12-10-26)31(28,29)16-8-7-15(21)17(22)18(16)23/h2-8,13H,9-12H2,1H3. The molecule has 0 spiro atoms. The molecule has 4 rings (SSSR count). The molecule has 1 aliphatic heterocycles. The number of hydrogen-bond acceptors (Lipinski definition) is 6. The Morgan fingerprint density at radius 1 is 0.968 bits per heavy atom. The lowest BCUT2D eigenvalue weighted by molar-refractivity contribution is 0.124. The number of halogens is 3. The average molecular weight is 452 g/mol. The third-order valence-corrected chi connectivity index (χ3v) is 7.19. The van der Waals surface area contributed by atoms with Gasteiger partial charge in [0.2, 0.25) is 21.7 Å². The van der Waals surface area contributed by atoms with Crippen LogP contribution in [0.3, 0.4) is 0 Å². The number of rotatable bonds is 5. The Hall–Kier alpha value is -2.76. The van der Waals surface area contributed by atoms with Gasteiger partial charge in [-0.25, -0.2) is 21.6 Å². The van der Waals surface area contributed by atoms with E-state index < -0.39 is 32.4 Å². The molecule has 0 amide bonds. The summed E-state index contributed by atoms with van der Waals surface area (Å²) in [5.74, 6) is -4.11. The third-order valence-electron chi connectivity index (χ3n) is 5.27. The molecule has 1 unspecified atom stereocenters. The summed E-state index contributed by atoms with van der Waals surface area (Å²) in [6.07, 6.45) is 0. The molecular formula is C20H19F3N4O3S. The van der Waals surface area contributed by atoms with Gasteiger partial charge in [0.1, 0.15) is 4.90 Å². The van der Waals surface area contributed by atoms with Crippen molar-refractivity contribution in [3.05, 3.63) is 65.8 Å². The molecule has 0 aliphatic carbocycles. The molecular weight excluding hydrogens is 433 g/mol. The molecule has 164 valence electrons. The summed E-state index contributed by atoms with van der Waals surface area (Å²) < 4.78 is 72.5. The van der Waals surface area contributed by atoms with Crippen LogP contribution in [0.25, 0.3) is 11.4 Å². The fraction of sp³-hybridized carbons (Fsp3) is 0.300. The number of benzene rings is 2. The maximum atomic E-state index is 14.0. The van der Waals surface area contributed by atoms with Crippen molar-refractivity contribution in [2.24, 2.45) is 0 Å². The van der Waals surface area contributed by atoms with E-state index in [1.807, 2.05) is 42.2 Å². The molecule has 11 heteroatoms. The van der Waals surface area contributed by atoms with Crippen LogP contribution in [0, 0.1) is 17.5 Å². The number of hydrogen-bond donors (Lipinski definition) is 0. The first-order valence-corrected chi connectivity index (χ1v) is 11.0. The first kappa shape index (κ1) is 21.5. The van der Waals surface area contributed by atoms with Crippen LogP contribution >= 0.6 is 0 Å². The number of aromatic nitrogens is 2. The predicted molar refractivity (Wildman–Crippen MR) is 105 cm³/mol. The van der Waals surface area contributed by atoms with Crippen molar-refractivity contribution in [3.8, 4) is 11.4 Å². The molecule has 1 saturated heterocycles. The van der Waals surface area contributed by atoms with Gasteiger partial charge in [-0.05, 0) is 19.1 Å². The van der Waals surface area contributed by atoms with Gasteiger partial charge >= 0.3 is 0 Å². The predicted octanol–water partition coefficient (Wildman–Crippen LogP) is 3.22. The molecule has 0 saturated carbocycles. The van der Waals surface area contributed by atoms with E-state index in [1.165, 1.54) is 0 Å². The second-order valence-electron chi connectivity index (χ2n) is 7.11. The van der Waals surface area contributed by atoms with Gasteiger partial charge in [-0.1, -0.05) is 35.5 Å². The molecule has 0 bridgehead atoms. The third kappa shape index (κ3) is 4.08. The van der Waals surface area contributed by atoms with E-state index in [0.717, 1.165) is 15.9 Å². The Bertz CT molecular complexity index is 1180. The summed E-state index contributed by atoms with van der Waals surface area (Å²) in [5.41, 5.74) is 0.814. The Labute approximate surface area is 177 Å². The van der Waals surface area contributed by atoms with Crippen LogP contribution in [-0.2, 0) is 10.0 Å². The molecule has 2 heterocycles. The zero-order valence-electron chi connectivity index (χ0n) is 16.5. The van der Waals surface area contributed by atoms with Gasteiger partial charge in [-0.2, -0.15) is 9.29 Å². The fourth-order valence-corrected chi connectivity index (χ4v) is 4.92. The first-order chi connectivity index (χ1) is 14.8. The van der Waals surface area contributed by atoms with Crippen LogP contribution in [0.2, 0.25) is 0 Å². The normalized spacial score (nSPS) is 17.0. The van der Waals surface area contributed by atoms with E-state index >= 15 is 0 Å². The average Bonchev–Trinajstić information content (AvgIpc) is 3.28. The molecule has 7 nitrogen and oxygen atoms in total. The van der Waals surface area contributed by atoms with E-state index in [2.05, 4.69) is 10.1 Å². The van der Waals surface area contributed by atoms with E-state index in [0.29, 0.717) is 30.9 Å². The number of piperazine rings is 1. The fourth-order valence-electron chi connectivity index (χ4n) is 3.44. The zero-order valence-corrected chi connectivity index (χ0v) is 17.3. The van der Waals surface area contributed by atoms with Gasteiger partial charge in [0.15, 0.2) is 17.5 Å². The van der Waals surface area contributed by atoms with Crippen molar-refractivity contribution >= 4 is 10.0 Å². The van der Waals surface area contributed by atoms with Crippen molar-refractivity contribution in [3.63, 3.8) is 0 Å². The van der Waals surface area contributed by atoms with Crippen LogP contribution in [0.15, 0.2) is 51.9 Å². The highest BCUT2D eigenvalue weighted by atomic mass is 32.2. The molecule has 0 N–H and O–H groups in total. The maximum Gasteiger partial charge on any atom is 0.246 e. The quantitative estimate of drug-likeness (QED) is 0.553. The van der Waals surface area contributed by atoms with Crippen molar-refractivity contribution in [1.29, 1.82) is 0 Å². The minimum Gasteiger partial charge on any atom is -0.337 e. The smallest absolute Gasteiger partial charge is 0.246 e. The molecule has 1 fully saturated rings. The maximum absolute atomic E-state index is 14.0. The van der Waals surface area contributed by atoms with Gasteiger partial charge in [-0.15, -0.1) is 0 Å². The lowest BCUT2D eigenvalue weighted by Crippen LogP contribution is -2.49. The number of nitrogens with zero attached hydrogens (tertiary/aromatic N) is 4. The van der Waals surface area contributed by atoms with Gasteiger partial charge in [0, 0.05) is 31.7 Å². The molecule has 31 heavy (non-hydrogen) atoms. The Balaban J connectivity index is 1.45. The van der Waals surface area contributed by atoms with Crippen LogP contribution in [0.4, 0.5) is 13.2 Å². The first-order valence-electron chi connectivity index (χ1n) is 9.55. The monoisotopic (exact) mass is 452 g/mol. The van der Waals surface area contributed by atoms with Crippen molar-refractivity contribution in [1.82, 2.24) is 19.3 Å². The van der Waals surface area contributed by atoms with Crippen LogP contribution in [-0.4, -0.2) is 53.9 Å². The van der Waals surface area contributed by atoms with Crippen molar-refractivity contribution in [2.75, 3.05) is 26.2 Å². The highest BCUT2D eigenvalue weighted by molar-refractivity contribution is 7.89. The minimum absolute atomic E-state index is 0.0464. The highest BCUT2D eigenvalue weighted by Crippen LogP contribution is 2.27.